The first-order valence-electron chi connectivity index (χ1n) is 10.5. The maximum atomic E-state index is 12.6. The van der Waals surface area contributed by atoms with Crippen LogP contribution in [0, 0.1) is 5.41 Å². The number of nitrogens with zero attached hydrogens (tertiary/aromatic N) is 3. The first-order chi connectivity index (χ1) is 13.2. The minimum atomic E-state index is 0.174. The van der Waals surface area contributed by atoms with Crippen molar-refractivity contribution in [2.45, 2.75) is 51.5 Å². The summed E-state index contributed by atoms with van der Waals surface area (Å²) in [6, 6.07) is 8.07. The maximum Gasteiger partial charge on any atom is 0.253 e. The fourth-order valence-corrected chi connectivity index (χ4v) is 4.76. The number of aliphatic imine (C=N–C) groups is 1. The van der Waals surface area contributed by atoms with Crippen molar-refractivity contribution in [2.24, 2.45) is 10.4 Å². The van der Waals surface area contributed by atoms with Gasteiger partial charge in [-0.05, 0) is 61.6 Å². The van der Waals surface area contributed by atoms with Crippen LogP contribution in [0.1, 0.15) is 60.9 Å². The third kappa shape index (κ3) is 3.97. The molecule has 1 N–H and O–H groups in total. The predicted molar refractivity (Wildman–Crippen MR) is 109 cm³/mol. The van der Waals surface area contributed by atoms with E-state index in [4.69, 9.17) is 0 Å². The first-order valence-corrected chi connectivity index (χ1v) is 10.5. The fourth-order valence-electron chi connectivity index (χ4n) is 4.76. The summed E-state index contributed by atoms with van der Waals surface area (Å²) in [5, 5.41) is 3.51. The molecule has 1 saturated carbocycles. The smallest absolute Gasteiger partial charge is 0.253 e. The number of guanidine groups is 1. The molecule has 3 fully saturated rings. The first kappa shape index (κ1) is 18.3. The Bertz CT molecular complexity index is 687. The van der Waals surface area contributed by atoms with Crippen LogP contribution in [-0.4, -0.2) is 54.9 Å². The van der Waals surface area contributed by atoms with Gasteiger partial charge in [0.1, 0.15) is 0 Å². The molecule has 0 atom stereocenters. The molecule has 0 unspecified atom stereocenters. The summed E-state index contributed by atoms with van der Waals surface area (Å²) >= 11 is 0. The van der Waals surface area contributed by atoms with Crippen molar-refractivity contribution in [3.05, 3.63) is 35.4 Å². The topological polar surface area (TPSA) is 47.9 Å². The molecule has 2 aliphatic heterocycles. The molecular formula is C22H32N4O. The highest BCUT2D eigenvalue weighted by molar-refractivity contribution is 5.94. The zero-order valence-electron chi connectivity index (χ0n) is 16.5. The van der Waals surface area contributed by atoms with E-state index < -0.39 is 0 Å². The predicted octanol–water partition coefficient (Wildman–Crippen LogP) is 3.26. The molecule has 1 amide bonds. The van der Waals surface area contributed by atoms with Gasteiger partial charge in [-0.1, -0.05) is 18.6 Å². The van der Waals surface area contributed by atoms with E-state index >= 15 is 0 Å². The molecule has 4 rings (SSSR count). The second-order valence-corrected chi connectivity index (χ2v) is 8.48. The lowest BCUT2D eigenvalue weighted by molar-refractivity contribution is 0.0724. The highest BCUT2D eigenvalue weighted by atomic mass is 16.2. The molecule has 1 aromatic rings. The molecule has 5 nitrogen and oxygen atoms in total. The van der Waals surface area contributed by atoms with Gasteiger partial charge in [0.05, 0.1) is 0 Å². The molecule has 146 valence electrons. The number of carbonyl (C=O) groups excluding carboxylic acids is 1. The second kappa shape index (κ2) is 7.91. The van der Waals surface area contributed by atoms with Gasteiger partial charge < -0.3 is 15.1 Å². The Labute approximate surface area is 162 Å². The van der Waals surface area contributed by atoms with Gasteiger partial charge in [-0.2, -0.15) is 0 Å². The van der Waals surface area contributed by atoms with Crippen molar-refractivity contribution >= 4 is 11.9 Å². The molecule has 2 saturated heterocycles. The zero-order chi connectivity index (χ0) is 18.7. The Morgan fingerprint density at radius 1 is 1.00 bits per heavy atom. The SMILES string of the molecule is CN=C(NCc1ccc(C(=O)N2CCCCC2)cc1)N1CCC2(CCC2)C1. The Balaban J connectivity index is 1.31. The van der Waals surface area contributed by atoms with E-state index in [1.54, 1.807) is 0 Å². The average molecular weight is 369 g/mol. The summed E-state index contributed by atoms with van der Waals surface area (Å²) in [6.45, 7) is 4.80. The van der Waals surface area contributed by atoms with Crippen molar-refractivity contribution < 1.29 is 4.79 Å². The van der Waals surface area contributed by atoms with E-state index in [9.17, 15) is 4.79 Å². The largest absolute Gasteiger partial charge is 0.352 e. The Kier molecular flexibility index (Phi) is 5.37. The minimum Gasteiger partial charge on any atom is -0.352 e. The lowest BCUT2D eigenvalue weighted by Crippen LogP contribution is -2.42. The van der Waals surface area contributed by atoms with Crippen molar-refractivity contribution in [3.63, 3.8) is 0 Å². The van der Waals surface area contributed by atoms with Crippen molar-refractivity contribution in [1.82, 2.24) is 15.1 Å². The van der Waals surface area contributed by atoms with Gasteiger partial charge in [-0.25, -0.2) is 0 Å². The lowest BCUT2D eigenvalue weighted by Gasteiger charge is -2.38. The van der Waals surface area contributed by atoms with Gasteiger partial charge in [0.2, 0.25) is 0 Å². The molecule has 1 aliphatic carbocycles. The van der Waals surface area contributed by atoms with Gasteiger partial charge in [0.25, 0.3) is 5.91 Å². The lowest BCUT2D eigenvalue weighted by atomic mass is 9.68. The monoisotopic (exact) mass is 368 g/mol. The van der Waals surface area contributed by atoms with Crippen LogP contribution in [-0.2, 0) is 6.54 Å². The molecule has 2 heterocycles. The van der Waals surface area contributed by atoms with E-state index in [0.29, 0.717) is 5.41 Å². The van der Waals surface area contributed by atoms with Crippen LogP contribution in [0.3, 0.4) is 0 Å². The number of piperidine rings is 1. The number of nitrogens with one attached hydrogen (secondary N) is 1. The Morgan fingerprint density at radius 3 is 2.33 bits per heavy atom. The van der Waals surface area contributed by atoms with E-state index in [-0.39, 0.29) is 5.91 Å². The van der Waals surface area contributed by atoms with Gasteiger partial charge in [-0.15, -0.1) is 0 Å². The molecular weight excluding hydrogens is 336 g/mol. The molecule has 0 radical (unpaired) electrons. The van der Waals surface area contributed by atoms with Crippen molar-refractivity contribution in [2.75, 3.05) is 33.2 Å². The fraction of sp³-hybridized carbons (Fsp3) is 0.636. The van der Waals surface area contributed by atoms with Crippen LogP contribution in [0.4, 0.5) is 0 Å². The van der Waals surface area contributed by atoms with E-state index in [0.717, 1.165) is 57.1 Å². The summed E-state index contributed by atoms with van der Waals surface area (Å²) in [5.74, 6) is 1.18. The zero-order valence-corrected chi connectivity index (χ0v) is 16.5. The van der Waals surface area contributed by atoms with Crippen LogP contribution >= 0.6 is 0 Å². The summed E-state index contributed by atoms with van der Waals surface area (Å²) in [4.78, 5) is 21.5. The second-order valence-electron chi connectivity index (χ2n) is 8.48. The molecule has 1 aromatic carbocycles. The number of benzene rings is 1. The minimum absolute atomic E-state index is 0.174. The molecule has 1 spiro atoms. The quantitative estimate of drug-likeness (QED) is 0.658. The summed E-state index contributed by atoms with van der Waals surface area (Å²) in [7, 11) is 1.87. The maximum absolute atomic E-state index is 12.6. The van der Waals surface area contributed by atoms with Crippen LogP contribution in [0.15, 0.2) is 29.3 Å². The third-order valence-electron chi connectivity index (χ3n) is 6.66. The van der Waals surface area contributed by atoms with Gasteiger partial charge >= 0.3 is 0 Å². The average Bonchev–Trinajstić information content (AvgIpc) is 3.15. The van der Waals surface area contributed by atoms with Crippen LogP contribution in [0.2, 0.25) is 0 Å². The number of carbonyl (C=O) groups is 1. The highest BCUT2D eigenvalue weighted by Crippen LogP contribution is 2.47. The highest BCUT2D eigenvalue weighted by Gasteiger charge is 2.43. The number of amides is 1. The van der Waals surface area contributed by atoms with Crippen molar-refractivity contribution in [3.8, 4) is 0 Å². The number of hydrogen-bond donors (Lipinski definition) is 1. The van der Waals surface area contributed by atoms with Gasteiger partial charge in [-0.3, -0.25) is 9.79 Å². The summed E-state index contributed by atoms with van der Waals surface area (Å²) < 4.78 is 0. The van der Waals surface area contributed by atoms with Crippen molar-refractivity contribution in [1.29, 1.82) is 0 Å². The number of likely N-dealkylation sites (tertiary alicyclic amines) is 2. The molecule has 5 heteroatoms. The van der Waals surface area contributed by atoms with Gasteiger partial charge in [0.15, 0.2) is 5.96 Å². The number of rotatable bonds is 3. The molecule has 27 heavy (non-hydrogen) atoms. The van der Waals surface area contributed by atoms with E-state index in [1.807, 2.05) is 24.1 Å². The number of hydrogen-bond acceptors (Lipinski definition) is 2. The van der Waals surface area contributed by atoms with Crippen LogP contribution in [0.25, 0.3) is 0 Å². The molecule has 3 aliphatic rings. The van der Waals surface area contributed by atoms with Crippen LogP contribution in [0.5, 0.6) is 0 Å². The normalized spacial score (nSPS) is 22.0. The van der Waals surface area contributed by atoms with Crippen LogP contribution < -0.4 is 5.32 Å². The molecule has 0 aromatic heterocycles. The van der Waals surface area contributed by atoms with Gasteiger partial charge in [0, 0.05) is 45.3 Å². The standard InChI is InChI=1S/C22H32N4O/c1-23-21(26-15-12-22(17-26)10-5-11-22)24-16-18-6-8-19(9-7-18)20(27)25-13-3-2-4-14-25/h6-9H,2-5,10-17H2,1H3,(H,23,24). The third-order valence-corrected chi connectivity index (χ3v) is 6.66. The van der Waals surface area contributed by atoms with E-state index in [1.165, 1.54) is 37.7 Å². The Morgan fingerprint density at radius 2 is 1.74 bits per heavy atom. The van der Waals surface area contributed by atoms with E-state index in [2.05, 4.69) is 27.3 Å². The summed E-state index contributed by atoms with van der Waals surface area (Å²) in [5.41, 5.74) is 2.56. The Hall–Kier alpha value is -2.04. The molecule has 0 bridgehead atoms. The summed E-state index contributed by atoms with van der Waals surface area (Å²) in [6.07, 6.45) is 8.96.